The van der Waals surface area contributed by atoms with Crippen LogP contribution in [-0.4, -0.2) is 11.6 Å². The van der Waals surface area contributed by atoms with Crippen LogP contribution in [0.3, 0.4) is 0 Å². The molecule has 1 aromatic rings. The van der Waals surface area contributed by atoms with E-state index >= 15 is 0 Å². The molecule has 1 fully saturated rings. The molecule has 0 atom stereocenters. The fourth-order valence-corrected chi connectivity index (χ4v) is 4.02. The second kappa shape index (κ2) is 9.36. The maximum Gasteiger partial charge on any atom is 0.143 e. The predicted molar refractivity (Wildman–Crippen MR) is 99.3 cm³/mol. The van der Waals surface area contributed by atoms with Crippen molar-refractivity contribution in [3.05, 3.63) is 34.9 Å². The van der Waals surface area contributed by atoms with Crippen LogP contribution in [0.5, 0.6) is 0 Å². The summed E-state index contributed by atoms with van der Waals surface area (Å²) >= 11 is 5.94. The van der Waals surface area contributed by atoms with Gasteiger partial charge < -0.3 is 0 Å². The summed E-state index contributed by atoms with van der Waals surface area (Å²) in [4.78, 5) is 24.2. The predicted octanol–water partition coefficient (Wildman–Crippen LogP) is 5.65. The monoisotopic (exact) mass is 348 g/mol. The number of Topliss-reactive ketones (excluding diaryl/α,β-unsaturated/α-hetero) is 2. The molecule has 0 saturated heterocycles. The fraction of sp³-hybridized carbons (Fsp3) is 0.619. The molecule has 1 aliphatic rings. The first-order chi connectivity index (χ1) is 11.5. The molecule has 0 spiro atoms. The molecule has 1 aliphatic carbocycles. The molecule has 0 N–H and O–H groups in total. The van der Waals surface area contributed by atoms with E-state index in [2.05, 4.69) is 12.1 Å². The lowest BCUT2D eigenvalue weighted by molar-refractivity contribution is -0.133. The number of ketones is 2. The highest BCUT2D eigenvalue weighted by atomic mass is 35.5. The normalized spacial score (nSPS) is 21.0. The molecular formula is C21H29ClO2. The highest BCUT2D eigenvalue weighted by molar-refractivity contribution is 6.30. The number of halogens is 1. The van der Waals surface area contributed by atoms with Gasteiger partial charge in [0.05, 0.1) is 5.92 Å². The zero-order valence-corrected chi connectivity index (χ0v) is 15.6. The Morgan fingerprint density at radius 3 is 1.96 bits per heavy atom. The molecule has 1 aromatic carbocycles. The maximum atomic E-state index is 12.1. The van der Waals surface area contributed by atoms with E-state index < -0.39 is 0 Å². The second-order valence-corrected chi connectivity index (χ2v) is 7.58. The van der Waals surface area contributed by atoms with Crippen LogP contribution in [0.2, 0.25) is 5.02 Å². The first-order valence-corrected chi connectivity index (χ1v) is 9.71. The average molecular weight is 349 g/mol. The van der Waals surface area contributed by atoms with Crippen molar-refractivity contribution in [1.29, 1.82) is 0 Å². The lowest BCUT2D eigenvalue weighted by atomic mass is 9.74. The van der Waals surface area contributed by atoms with E-state index in [4.69, 9.17) is 11.6 Å². The molecule has 24 heavy (non-hydrogen) atoms. The molecule has 132 valence electrons. The van der Waals surface area contributed by atoms with Crippen LogP contribution < -0.4 is 0 Å². The van der Waals surface area contributed by atoms with Gasteiger partial charge in [0.2, 0.25) is 0 Å². The Bertz CT molecular complexity index is 525. The Kier molecular flexibility index (Phi) is 7.48. The summed E-state index contributed by atoms with van der Waals surface area (Å²) in [6.07, 6.45) is 7.50. The van der Waals surface area contributed by atoms with E-state index in [1.807, 2.05) is 26.0 Å². The fourth-order valence-electron chi connectivity index (χ4n) is 3.89. The minimum absolute atomic E-state index is 0.130. The standard InChI is InChI=1S/C21H29ClO2/c1-3-20(23)19(21(24)4-2)14-17-7-5-15(6-8-17)13-16-9-11-18(22)12-10-16/h9-12,15,17,19H,3-8,13-14H2,1-2H3. The minimum Gasteiger partial charge on any atom is -0.299 e. The second-order valence-electron chi connectivity index (χ2n) is 7.15. The Morgan fingerprint density at radius 2 is 1.46 bits per heavy atom. The van der Waals surface area contributed by atoms with Crippen LogP contribution in [0.15, 0.2) is 24.3 Å². The van der Waals surface area contributed by atoms with Crippen molar-refractivity contribution < 1.29 is 9.59 Å². The van der Waals surface area contributed by atoms with Gasteiger partial charge in [0, 0.05) is 17.9 Å². The molecule has 0 aromatic heterocycles. The highest BCUT2D eigenvalue weighted by Gasteiger charge is 2.29. The van der Waals surface area contributed by atoms with E-state index in [1.165, 1.54) is 18.4 Å². The molecule has 2 nitrogen and oxygen atoms in total. The number of hydrogen-bond donors (Lipinski definition) is 0. The molecular weight excluding hydrogens is 320 g/mol. The van der Waals surface area contributed by atoms with Crippen LogP contribution in [0.4, 0.5) is 0 Å². The molecule has 0 bridgehead atoms. The quantitative estimate of drug-likeness (QED) is 0.568. The number of carbonyl (C=O) groups excluding carboxylic acids is 2. The number of carbonyl (C=O) groups is 2. The van der Waals surface area contributed by atoms with Crippen LogP contribution in [-0.2, 0) is 16.0 Å². The van der Waals surface area contributed by atoms with Crippen LogP contribution >= 0.6 is 11.6 Å². The third-order valence-corrected chi connectivity index (χ3v) is 5.70. The lowest BCUT2D eigenvalue weighted by Gasteiger charge is -2.30. The number of hydrogen-bond acceptors (Lipinski definition) is 2. The van der Waals surface area contributed by atoms with Crippen molar-refractivity contribution in [2.75, 3.05) is 0 Å². The Balaban J connectivity index is 1.84. The smallest absolute Gasteiger partial charge is 0.143 e. The van der Waals surface area contributed by atoms with Gasteiger partial charge >= 0.3 is 0 Å². The van der Waals surface area contributed by atoms with Gasteiger partial charge in [0.25, 0.3) is 0 Å². The summed E-state index contributed by atoms with van der Waals surface area (Å²) < 4.78 is 0. The van der Waals surface area contributed by atoms with Crippen molar-refractivity contribution in [1.82, 2.24) is 0 Å². The SMILES string of the molecule is CCC(=O)C(CC1CCC(Cc2ccc(Cl)cc2)CC1)C(=O)CC. The van der Waals surface area contributed by atoms with E-state index in [0.717, 1.165) is 30.7 Å². The molecule has 0 unspecified atom stereocenters. The van der Waals surface area contributed by atoms with E-state index in [9.17, 15) is 9.59 Å². The van der Waals surface area contributed by atoms with Crippen molar-refractivity contribution in [2.45, 2.75) is 65.2 Å². The summed E-state index contributed by atoms with van der Waals surface area (Å²) in [5, 5.41) is 0.787. The van der Waals surface area contributed by atoms with Gasteiger partial charge in [-0.3, -0.25) is 9.59 Å². The van der Waals surface area contributed by atoms with Crippen LogP contribution in [0.1, 0.15) is 64.4 Å². The summed E-state index contributed by atoms with van der Waals surface area (Å²) in [7, 11) is 0. The Labute approximate surface area is 151 Å². The van der Waals surface area contributed by atoms with Crippen molar-refractivity contribution in [3.8, 4) is 0 Å². The summed E-state index contributed by atoms with van der Waals surface area (Å²) in [5.41, 5.74) is 1.35. The van der Waals surface area contributed by atoms with Crippen molar-refractivity contribution in [3.63, 3.8) is 0 Å². The Morgan fingerprint density at radius 1 is 0.958 bits per heavy atom. The first-order valence-electron chi connectivity index (χ1n) is 9.33. The minimum atomic E-state index is -0.349. The van der Waals surface area contributed by atoms with Crippen molar-refractivity contribution >= 4 is 23.2 Å². The lowest BCUT2D eigenvalue weighted by Crippen LogP contribution is -2.27. The maximum absolute atomic E-state index is 12.1. The molecule has 0 amide bonds. The highest BCUT2D eigenvalue weighted by Crippen LogP contribution is 2.35. The van der Waals surface area contributed by atoms with Gasteiger partial charge in [-0.15, -0.1) is 0 Å². The van der Waals surface area contributed by atoms with E-state index in [-0.39, 0.29) is 17.5 Å². The third-order valence-electron chi connectivity index (χ3n) is 5.45. The van der Waals surface area contributed by atoms with Gasteiger partial charge in [-0.25, -0.2) is 0 Å². The number of rotatable bonds is 8. The summed E-state index contributed by atoms with van der Waals surface area (Å²) in [5.74, 6) is 1.15. The van der Waals surface area contributed by atoms with Gasteiger partial charge in [0.1, 0.15) is 11.6 Å². The van der Waals surface area contributed by atoms with Crippen LogP contribution in [0.25, 0.3) is 0 Å². The summed E-state index contributed by atoms with van der Waals surface area (Å²) in [6, 6.07) is 8.15. The topological polar surface area (TPSA) is 34.1 Å². The first kappa shape index (κ1) is 19.2. The van der Waals surface area contributed by atoms with Gasteiger partial charge in [-0.1, -0.05) is 50.4 Å². The molecule has 0 radical (unpaired) electrons. The Hall–Kier alpha value is -1.15. The van der Waals surface area contributed by atoms with Gasteiger partial charge in [0.15, 0.2) is 0 Å². The van der Waals surface area contributed by atoms with Gasteiger partial charge in [-0.2, -0.15) is 0 Å². The van der Waals surface area contributed by atoms with Gasteiger partial charge in [-0.05, 0) is 55.2 Å². The molecule has 0 aliphatic heterocycles. The molecule has 1 saturated carbocycles. The van der Waals surface area contributed by atoms with E-state index in [0.29, 0.717) is 24.7 Å². The molecule has 0 heterocycles. The number of benzene rings is 1. The molecule has 2 rings (SSSR count). The average Bonchev–Trinajstić information content (AvgIpc) is 2.61. The van der Waals surface area contributed by atoms with Crippen LogP contribution in [0, 0.1) is 17.8 Å². The third kappa shape index (κ3) is 5.44. The van der Waals surface area contributed by atoms with Crippen molar-refractivity contribution in [2.24, 2.45) is 17.8 Å². The largest absolute Gasteiger partial charge is 0.299 e. The zero-order valence-electron chi connectivity index (χ0n) is 14.9. The molecule has 3 heteroatoms. The zero-order chi connectivity index (χ0) is 17.5. The summed E-state index contributed by atoms with van der Waals surface area (Å²) in [6.45, 7) is 3.72. The van der Waals surface area contributed by atoms with E-state index in [1.54, 1.807) is 0 Å².